The standard InChI is InChI=1S/C16H13BrN4O3S2/c1-10-19-20-16(25-10)18-15(22)11-3-2-4-13(9-11)21-26(23,24)14-7-5-12(17)6-8-14/h2-9,21H,1H3,(H,18,20,22). The largest absolute Gasteiger partial charge is 0.296 e. The Labute approximate surface area is 162 Å². The molecule has 0 saturated carbocycles. The Morgan fingerprint density at radius 3 is 2.50 bits per heavy atom. The summed E-state index contributed by atoms with van der Waals surface area (Å²) in [7, 11) is -3.75. The Bertz CT molecular complexity index is 1050. The summed E-state index contributed by atoms with van der Waals surface area (Å²) in [5.41, 5.74) is 0.586. The number of carbonyl (C=O) groups excluding carboxylic acids is 1. The molecule has 0 bridgehead atoms. The number of halogens is 1. The third-order valence-corrected chi connectivity index (χ3v) is 5.93. The number of sulfonamides is 1. The van der Waals surface area contributed by atoms with E-state index in [1.165, 1.54) is 29.5 Å². The molecule has 3 aromatic rings. The van der Waals surface area contributed by atoms with Crippen molar-refractivity contribution in [2.24, 2.45) is 0 Å². The zero-order valence-corrected chi connectivity index (χ0v) is 16.7. The second kappa shape index (κ2) is 7.52. The highest BCUT2D eigenvalue weighted by Crippen LogP contribution is 2.20. The summed E-state index contributed by atoms with van der Waals surface area (Å²) in [4.78, 5) is 12.4. The lowest BCUT2D eigenvalue weighted by Crippen LogP contribution is -2.15. The van der Waals surface area contributed by atoms with Gasteiger partial charge in [0.05, 0.1) is 4.90 Å². The maximum atomic E-state index is 12.4. The summed E-state index contributed by atoms with van der Waals surface area (Å²) < 4.78 is 28.1. The molecule has 1 aromatic heterocycles. The van der Waals surface area contributed by atoms with E-state index in [9.17, 15) is 13.2 Å². The van der Waals surface area contributed by atoms with E-state index < -0.39 is 15.9 Å². The lowest BCUT2D eigenvalue weighted by molar-refractivity contribution is 0.102. The molecule has 1 heterocycles. The van der Waals surface area contributed by atoms with Crippen LogP contribution >= 0.6 is 27.3 Å². The lowest BCUT2D eigenvalue weighted by atomic mass is 10.2. The highest BCUT2D eigenvalue weighted by molar-refractivity contribution is 9.10. The minimum absolute atomic E-state index is 0.125. The van der Waals surface area contributed by atoms with E-state index in [1.54, 1.807) is 37.3 Å². The number of hydrogen-bond acceptors (Lipinski definition) is 6. The number of anilines is 2. The Morgan fingerprint density at radius 1 is 1.12 bits per heavy atom. The first-order chi connectivity index (χ1) is 12.3. The lowest BCUT2D eigenvalue weighted by Gasteiger charge is -2.09. The monoisotopic (exact) mass is 452 g/mol. The van der Waals surface area contributed by atoms with Crippen molar-refractivity contribution in [2.45, 2.75) is 11.8 Å². The number of nitrogens with zero attached hydrogens (tertiary/aromatic N) is 2. The fourth-order valence-electron chi connectivity index (χ4n) is 2.07. The highest BCUT2D eigenvalue weighted by atomic mass is 79.9. The normalized spacial score (nSPS) is 11.2. The third-order valence-electron chi connectivity index (χ3n) is 3.25. The van der Waals surface area contributed by atoms with Gasteiger partial charge >= 0.3 is 0 Å². The maximum Gasteiger partial charge on any atom is 0.261 e. The smallest absolute Gasteiger partial charge is 0.261 e. The minimum Gasteiger partial charge on any atom is -0.296 e. The van der Waals surface area contributed by atoms with Crippen LogP contribution in [0.15, 0.2) is 57.9 Å². The molecule has 2 aromatic carbocycles. The SMILES string of the molecule is Cc1nnc(NC(=O)c2cccc(NS(=O)(=O)c3ccc(Br)cc3)c2)s1. The summed E-state index contributed by atoms with van der Waals surface area (Å²) in [5, 5.41) is 11.4. The first-order valence-corrected chi connectivity index (χ1v) is 10.4. The molecule has 2 N–H and O–H groups in total. The van der Waals surface area contributed by atoms with Crippen LogP contribution in [0.1, 0.15) is 15.4 Å². The molecule has 10 heteroatoms. The van der Waals surface area contributed by atoms with Crippen LogP contribution in [0.5, 0.6) is 0 Å². The molecule has 134 valence electrons. The van der Waals surface area contributed by atoms with Gasteiger partial charge in [-0.2, -0.15) is 0 Å². The van der Waals surface area contributed by atoms with E-state index in [4.69, 9.17) is 0 Å². The van der Waals surface area contributed by atoms with Crippen molar-refractivity contribution in [3.8, 4) is 0 Å². The summed E-state index contributed by atoms with van der Waals surface area (Å²) in [6.07, 6.45) is 0. The summed E-state index contributed by atoms with van der Waals surface area (Å²) in [6.45, 7) is 1.78. The number of aromatic nitrogens is 2. The molecular weight excluding hydrogens is 440 g/mol. The summed E-state index contributed by atoms with van der Waals surface area (Å²) in [6, 6.07) is 12.5. The average Bonchev–Trinajstić information content (AvgIpc) is 3.00. The first-order valence-electron chi connectivity index (χ1n) is 7.33. The number of nitrogens with one attached hydrogen (secondary N) is 2. The van der Waals surface area contributed by atoms with Gasteiger partial charge in [0.15, 0.2) is 0 Å². The molecule has 0 aliphatic carbocycles. The van der Waals surface area contributed by atoms with Gasteiger partial charge in [0.2, 0.25) is 5.13 Å². The Kier molecular flexibility index (Phi) is 5.35. The van der Waals surface area contributed by atoms with Gasteiger partial charge in [-0.3, -0.25) is 14.8 Å². The van der Waals surface area contributed by atoms with Crippen molar-refractivity contribution >= 4 is 54.0 Å². The van der Waals surface area contributed by atoms with Gasteiger partial charge in [-0.25, -0.2) is 8.42 Å². The van der Waals surface area contributed by atoms with E-state index in [0.29, 0.717) is 10.7 Å². The number of rotatable bonds is 5. The Morgan fingerprint density at radius 2 is 1.85 bits per heavy atom. The predicted molar refractivity (Wildman–Crippen MR) is 104 cm³/mol. The first kappa shape index (κ1) is 18.5. The van der Waals surface area contributed by atoms with Crippen LogP contribution in [0.3, 0.4) is 0 Å². The molecule has 0 spiro atoms. The van der Waals surface area contributed by atoms with E-state index >= 15 is 0 Å². The fourth-order valence-corrected chi connectivity index (χ4v) is 3.97. The van der Waals surface area contributed by atoms with Crippen LogP contribution in [0, 0.1) is 6.92 Å². The third kappa shape index (κ3) is 4.45. The van der Waals surface area contributed by atoms with Crippen molar-refractivity contribution in [3.63, 3.8) is 0 Å². The molecule has 0 aliphatic rings. The molecule has 0 radical (unpaired) electrons. The number of aryl methyl sites for hydroxylation is 1. The van der Waals surface area contributed by atoms with Crippen LogP contribution in [0.4, 0.5) is 10.8 Å². The zero-order valence-electron chi connectivity index (χ0n) is 13.4. The molecular formula is C16H13BrN4O3S2. The van der Waals surface area contributed by atoms with E-state index in [0.717, 1.165) is 9.48 Å². The van der Waals surface area contributed by atoms with Crippen molar-refractivity contribution < 1.29 is 13.2 Å². The molecule has 0 unspecified atom stereocenters. The van der Waals surface area contributed by atoms with Gasteiger partial charge < -0.3 is 0 Å². The van der Waals surface area contributed by atoms with E-state index in [1.807, 2.05) is 0 Å². The van der Waals surface area contributed by atoms with Crippen LogP contribution in [0.2, 0.25) is 0 Å². The van der Waals surface area contributed by atoms with Gasteiger partial charge in [-0.1, -0.05) is 33.3 Å². The number of benzene rings is 2. The molecule has 0 aliphatic heterocycles. The van der Waals surface area contributed by atoms with Gasteiger partial charge in [0.1, 0.15) is 5.01 Å². The topological polar surface area (TPSA) is 101 Å². The molecule has 1 amide bonds. The second-order valence-electron chi connectivity index (χ2n) is 5.22. The van der Waals surface area contributed by atoms with E-state index in [-0.39, 0.29) is 10.6 Å². The van der Waals surface area contributed by atoms with Crippen LogP contribution < -0.4 is 10.0 Å². The number of amides is 1. The Hall–Kier alpha value is -2.30. The van der Waals surface area contributed by atoms with Gasteiger partial charge in [-0.05, 0) is 49.4 Å². The van der Waals surface area contributed by atoms with Gasteiger partial charge in [0.25, 0.3) is 15.9 Å². The molecule has 3 rings (SSSR count). The van der Waals surface area contributed by atoms with Crippen molar-refractivity contribution in [2.75, 3.05) is 10.0 Å². The fraction of sp³-hybridized carbons (Fsp3) is 0.0625. The molecule has 0 atom stereocenters. The van der Waals surface area contributed by atoms with Crippen molar-refractivity contribution in [3.05, 3.63) is 63.6 Å². The Balaban J connectivity index is 1.78. The summed E-state index contributed by atoms with van der Waals surface area (Å²) in [5.74, 6) is -0.397. The van der Waals surface area contributed by atoms with Crippen LogP contribution in [-0.2, 0) is 10.0 Å². The molecule has 0 fully saturated rings. The van der Waals surface area contributed by atoms with Gasteiger partial charge in [-0.15, -0.1) is 10.2 Å². The quantitative estimate of drug-likeness (QED) is 0.614. The highest BCUT2D eigenvalue weighted by Gasteiger charge is 2.15. The predicted octanol–water partition coefficient (Wildman–Crippen LogP) is 3.66. The number of carbonyl (C=O) groups is 1. The maximum absolute atomic E-state index is 12.4. The molecule has 0 saturated heterocycles. The average molecular weight is 453 g/mol. The molecule has 26 heavy (non-hydrogen) atoms. The zero-order chi connectivity index (χ0) is 18.7. The minimum atomic E-state index is -3.75. The second-order valence-corrected chi connectivity index (χ2v) is 9.00. The van der Waals surface area contributed by atoms with Crippen LogP contribution in [-0.4, -0.2) is 24.5 Å². The number of hydrogen-bond donors (Lipinski definition) is 2. The summed E-state index contributed by atoms with van der Waals surface area (Å²) >= 11 is 4.52. The van der Waals surface area contributed by atoms with Crippen molar-refractivity contribution in [1.29, 1.82) is 0 Å². The van der Waals surface area contributed by atoms with E-state index in [2.05, 4.69) is 36.2 Å². The van der Waals surface area contributed by atoms with Crippen molar-refractivity contribution in [1.82, 2.24) is 10.2 Å². The van der Waals surface area contributed by atoms with Gasteiger partial charge in [0, 0.05) is 15.7 Å². The molecule has 7 nitrogen and oxygen atoms in total. The van der Waals surface area contributed by atoms with Crippen LogP contribution in [0.25, 0.3) is 0 Å².